The van der Waals surface area contributed by atoms with E-state index >= 15 is 0 Å². The van der Waals surface area contributed by atoms with Crippen LogP contribution in [0.15, 0.2) is 12.3 Å². The Morgan fingerprint density at radius 1 is 1.53 bits per heavy atom. The monoisotopic (exact) mass is 227 g/mol. The highest BCUT2D eigenvalue weighted by Gasteiger charge is 2.09. The molecule has 0 aliphatic heterocycles. The smallest absolute Gasteiger partial charge is 0.253 e. The zero-order chi connectivity index (χ0) is 11.4. The number of halogens is 1. The van der Waals surface area contributed by atoms with Crippen molar-refractivity contribution in [3.05, 3.63) is 22.8 Å². The molecule has 1 rings (SSSR count). The van der Waals surface area contributed by atoms with E-state index in [0.717, 1.165) is 0 Å². The SMILES string of the molecule is CNc1ncc(C(=O)NC(C)C)cc1Cl. The number of pyridine rings is 1. The normalized spacial score (nSPS) is 10.2. The Labute approximate surface area is 94.0 Å². The van der Waals surface area contributed by atoms with E-state index in [1.54, 1.807) is 13.1 Å². The largest absolute Gasteiger partial charge is 0.372 e. The second kappa shape index (κ2) is 4.98. The summed E-state index contributed by atoms with van der Waals surface area (Å²) in [5, 5.41) is 6.03. The molecule has 4 nitrogen and oxygen atoms in total. The summed E-state index contributed by atoms with van der Waals surface area (Å²) in [5.74, 6) is 0.403. The number of carbonyl (C=O) groups excluding carboxylic acids is 1. The van der Waals surface area contributed by atoms with E-state index < -0.39 is 0 Å². The van der Waals surface area contributed by atoms with E-state index in [-0.39, 0.29) is 11.9 Å². The van der Waals surface area contributed by atoms with Gasteiger partial charge in [0.05, 0.1) is 10.6 Å². The minimum atomic E-state index is -0.165. The average Bonchev–Trinajstić information content (AvgIpc) is 2.16. The molecule has 0 aliphatic rings. The van der Waals surface area contributed by atoms with Gasteiger partial charge in [0.2, 0.25) is 0 Å². The third kappa shape index (κ3) is 3.09. The first-order valence-electron chi connectivity index (χ1n) is 4.68. The number of amides is 1. The first kappa shape index (κ1) is 11.8. The molecule has 0 bridgehead atoms. The van der Waals surface area contributed by atoms with Gasteiger partial charge in [0.15, 0.2) is 0 Å². The van der Waals surface area contributed by atoms with E-state index in [4.69, 9.17) is 11.6 Å². The zero-order valence-corrected chi connectivity index (χ0v) is 9.72. The molecule has 0 saturated heterocycles. The quantitative estimate of drug-likeness (QED) is 0.830. The fraction of sp³-hybridized carbons (Fsp3) is 0.400. The van der Waals surface area contributed by atoms with Gasteiger partial charge in [-0.05, 0) is 19.9 Å². The Hall–Kier alpha value is -1.29. The van der Waals surface area contributed by atoms with Gasteiger partial charge in [-0.25, -0.2) is 4.98 Å². The maximum atomic E-state index is 11.6. The third-order valence-corrected chi connectivity index (χ3v) is 2.05. The fourth-order valence-electron chi connectivity index (χ4n) is 1.09. The Kier molecular flexibility index (Phi) is 3.91. The molecule has 0 unspecified atom stereocenters. The van der Waals surface area contributed by atoms with Gasteiger partial charge in [0, 0.05) is 19.3 Å². The van der Waals surface area contributed by atoms with E-state index in [1.165, 1.54) is 6.20 Å². The van der Waals surface area contributed by atoms with Crippen LogP contribution < -0.4 is 10.6 Å². The lowest BCUT2D eigenvalue weighted by atomic mass is 10.2. The Morgan fingerprint density at radius 2 is 2.20 bits per heavy atom. The maximum Gasteiger partial charge on any atom is 0.253 e. The van der Waals surface area contributed by atoms with Crippen molar-refractivity contribution in [1.82, 2.24) is 10.3 Å². The Bertz CT molecular complexity index is 366. The van der Waals surface area contributed by atoms with Crippen LogP contribution in [0.3, 0.4) is 0 Å². The number of hydrogen-bond acceptors (Lipinski definition) is 3. The number of nitrogens with one attached hydrogen (secondary N) is 2. The first-order chi connectivity index (χ1) is 7.04. The minimum absolute atomic E-state index is 0.0975. The van der Waals surface area contributed by atoms with Crippen LogP contribution in [-0.2, 0) is 0 Å². The summed E-state index contributed by atoms with van der Waals surface area (Å²) < 4.78 is 0. The molecule has 0 fully saturated rings. The van der Waals surface area contributed by atoms with E-state index in [1.807, 2.05) is 13.8 Å². The third-order valence-electron chi connectivity index (χ3n) is 1.76. The summed E-state index contributed by atoms with van der Waals surface area (Å²) in [6, 6.07) is 1.69. The summed E-state index contributed by atoms with van der Waals surface area (Å²) in [6.07, 6.45) is 1.50. The lowest BCUT2D eigenvalue weighted by Crippen LogP contribution is -2.30. The van der Waals surface area contributed by atoms with Gasteiger partial charge in [-0.15, -0.1) is 0 Å². The molecular weight excluding hydrogens is 214 g/mol. The summed E-state index contributed by atoms with van der Waals surface area (Å²) in [7, 11) is 1.72. The van der Waals surface area contributed by atoms with Crippen molar-refractivity contribution in [3.8, 4) is 0 Å². The van der Waals surface area contributed by atoms with Crippen molar-refractivity contribution >= 4 is 23.3 Å². The highest BCUT2D eigenvalue weighted by Crippen LogP contribution is 2.19. The summed E-state index contributed by atoms with van der Waals surface area (Å²) in [4.78, 5) is 15.6. The van der Waals surface area contributed by atoms with Crippen LogP contribution in [-0.4, -0.2) is 24.0 Å². The molecule has 5 heteroatoms. The predicted octanol–water partition coefficient (Wildman–Crippen LogP) is 1.91. The van der Waals surface area contributed by atoms with E-state index in [2.05, 4.69) is 15.6 Å². The zero-order valence-electron chi connectivity index (χ0n) is 8.97. The second-order valence-electron chi connectivity index (χ2n) is 3.43. The van der Waals surface area contributed by atoms with E-state index in [0.29, 0.717) is 16.4 Å². The molecule has 1 aromatic rings. The number of anilines is 1. The molecule has 1 amide bonds. The van der Waals surface area contributed by atoms with Crippen LogP contribution in [0, 0.1) is 0 Å². The number of hydrogen-bond donors (Lipinski definition) is 2. The maximum absolute atomic E-state index is 11.6. The molecule has 1 heterocycles. The lowest BCUT2D eigenvalue weighted by Gasteiger charge is -2.09. The molecule has 0 atom stereocenters. The second-order valence-corrected chi connectivity index (χ2v) is 3.84. The van der Waals surface area contributed by atoms with Gasteiger partial charge in [-0.3, -0.25) is 4.79 Å². The van der Waals surface area contributed by atoms with Crippen LogP contribution in [0.25, 0.3) is 0 Å². The van der Waals surface area contributed by atoms with Crippen molar-refractivity contribution in [2.24, 2.45) is 0 Å². The number of nitrogens with zero attached hydrogens (tertiary/aromatic N) is 1. The van der Waals surface area contributed by atoms with Crippen LogP contribution in [0.4, 0.5) is 5.82 Å². The predicted molar refractivity (Wildman–Crippen MR) is 61.4 cm³/mol. The lowest BCUT2D eigenvalue weighted by molar-refractivity contribution is 0.0943. The van der Waals surface area contributed by atoms with Crippen molar-refractivity contribution < 1.29 is 4.79 Å². The van der Waals surface area contributed by atoms with Crippen LogP contribution in [0.5, 0.6) is 0 Å². The van der Waals surface area contributed by atoms with Crippen molar-refractivity contribution in [2.45, 2.75) is 19.9 Å². The Morgan fingerprint density at radius 3 is 2.67 bits per heavy atom. The molecule has 0 spiro atoms. The van der Waals surface area contributed by atoms with Crippen molar-refractivity contribution in [1.29, 1.82) is 0 Å². The average molecular weight is 228 g/mol. The van der Waals surface area contributed by atoms with Gasteiger partial charge >= 0.3 is 0 Å². The molecule has 82 valence electrons. The van der Waals surface area contributed by atoms with Crippen LogP contribution >= 0.6 is 11.6 Å². The van der Waals surface area contributed by atoms with Gasteiger partial charge in [-0.2, -0.15) is 0 Å². The van der Waals surface area contributed by atoms with Gasteiger partial charge in [0.25, 0.3) is 5.91 Å². The van der Waals surface area contributed by atoms with Crippen molar-refractivity contribution in [2.75, 3.05) is 12.4 Å². The summed E-state index contributed by atoms with van der Waals surface area (Å²) in [5.41, 5.74) is 0.465. The number of carbonyl (C=O) groups is 1. The molecule has 0 radical (unpaired) electrons. The highest BCUT2D eigenvalue weighted by molar-refractivity contribution is 6.33. The number of aromatic nitrogens is 1. The van der Waals surface area contributed by atoms with Gasteiger partial charge in [-0.1, -0.05) is 11.6 Å². The first-order valence-corrected chi connectivity index (χ1v) is 5.06. The summed E-state index contributed by atoms with van der Waals surface area (Å²) >= 11 is 5.91. The number of rotatable bonds is 3. The molecule has 0 aromatic carbocycles. The van der Waals surface area contributed by atoms with Crippen LogP contribution in [0.1, 0.15) is 24.2 Å². The van der Waals surface area contributed by atoms with Gasteiger partial charge in [0.1, 0.15) is 5.82 Å². The molecule has 0 aliphatic carbocycles. The van der Waals surface area contributed by atoms with Gasteiger partial charge < -0.3 is 10.6 Å². The molecule has 1 aromatic heterocycles. The van der Waals surface area contributed by atoms with Crippen molar-refractivity contribution in [3.63, 3.8) is 0 Å². The topological polar surface area (TPSA) is 54.0 Å². The molecule has 0 saturated carbocycles. The standard InChI is InChI=1S/C10H14ClN3O/c1-6(2)14-10(15)7-4-8(11)9(12-3)13-5-7/h4-6H,1-3H3,(H,12,13)(H,14,15). The highest BCUT2D eigenvalue weighted by atomic mass is 35.5. The minimum Gasteiger partial charge on any atom is -0.372 e. The Balaban J connectivity index is 2.87. The van der Waals surface area contributed by atoms with E-state index in [9.17, 15) is 4.79 Å². The molecule has 2 N–H and O–H groups in total. The fourth-order valence-corrected chi connectivity index (χ4v) is 1.35. The molecule has 15 heavy (non-hydrogen) atoms. The summed E-state index contributed by atoms with van der Waals surface area (Å²) in [6.45, 7) is 3.80. The van der Waals surface area contributed by atoms with Crippen LogP contribution in [0.2, 0.25) is 5.02 Å². The molecular formula is C10H14ClN3O.